The van der Waals surface area contributed by atoms with Crippen LogP contribution < -0.4 is 10.5 Å². The van der Waals surface area contributed by atoms with Gasteiger partial charge in [-0.25, -0.2) is 0 Å². The predicted octanol–water partition coefficient (Wildman–Crippen LogP) is 3.98. The van der Waals surface area contributed by atoms with Crippen molar-refractivity contribution in [2.24, 2.45) is 5.73 Å². The van der Waals surface area contributed by atoms with Gasteiger partial charge in [-0.1, -0.05) is 48.9 Å². The van der Waals surface area contributed by atoms with Crippen LogP contribution in [-0.2, 0) is 6.61 Å². The molecule has 0 aliphatic carbocycles. The second-order valence-corrected chi connectivity index (χ2v) is 4.86. The van der Waals surface area contributed by atoms with Gasteiger partial charge in [-0.05, 0) is 36.6 Å². The van der Waals surface area contributed by atoms with Crippen LogP contribution in [0.1, 0.15) is 36.1 Å². The van der Waals surface area contributed by atoms with Gasteiger partial charge in [-0.15, -0.1) is 0 Å². The summed E-state index contributed by atoms with van der Waals surface area (Å²) in [6.45, 7) is 4.77. The lowest BCUT2D eigenvalue weighted by atomic mass is 10.1. The second-order valence-electron chi connectivity index (χ2n) is 4.86. The molecule has 0 saturated carbocycles. The number of benzene rings is 2. The fraction of sp³-hybridized carbons (Fsp3) is 0.294. The second kappa shape index (κ2) is 6.39. The number of aryl methyl sites for hydroxylation is 1. The highest BCUT2D eigenvalue weighted by atomic mass is 16.5. The largest absolute Gasteiger partial charge is 0.489 e. The number of rotatable bonds is 5. The summed E-state index contributed by atoms with van der Waals surface area (Å²) in [6.07, 6.45) is 0.948. The van der Waals surface area contributed by atoms with Gasteiger partial charge in [0.1, 0.15) is 12.4 Å². The monoisotopic (exact) mass is 255 g/mol. The van der Waals surface area contributed by atoms with Gasteiger partial charge >= 0.3 is 0 Å². The topological polar surface area (TPSA) is 35.2 Å². The minimum absolute atomic E-state index is 0.117. The Hall–Kier alpha value is -1.80. The third kappa shape index (κ3) is 3.83. The van der Waals surface area contributed by atoms with Crippen molar-refractivity contribution < 1.29 is 4.74 Å². The summed E-state index contributed by atoms with van der Waals surface area (Å²) in [4.78, 5) is 0. The summed E-state index contributed by atoms with van der Waals surface area (Å²) in [7, 11) is 0. The van der Waals surface area contributed by atoms with Crippen LogP contribution in [0.2, 0.25) is 0 Å². The van der Waals surface area contributed by atoms with Crippen LogP contribution in [0.4, 0.5) is 0 Å². The molecular weight excluding hydrogens is 234 g/mol. The van der Waals surface area contributed by atoms with Gasteiger partial charge in [-0.3, -0.25) is 0 Å². The van der Waals surface area contributed by atoms with Crippen molar-refractivity contribution in [2.45, 2.75) is 32.9 Å². The van der Waals surface area contributed by atoms with Gasteiger partial charge in [0.05, 0.1) is 0 Å². The molecule has 100 valence electrons. The lowest BCUT2D eigenvalue weighted by Crippen LogP contribution is -2.08. The zero-order valence-corrected chi connectivity index (χ0v) is 11.6. The molecule has 0 amide bonds. The Labute approximate surface area is 115 Å². The lowest BCUT2D eigenvalue weighted by molar-refractivity contribution is 0.306. The zero-order valence-electron chi connectivity index (χ0n) is 11.6. The van der Waals surface area contributed by atoms with Crippen LogP contribution in [0, 0.1) is 6.92 Å². The van der Waals surface area contributed by atoms with Crippen molar-refractivity contribution >= 4 is 0 Å². The molecule has 0 saturated heterocycles. The smallest absolute Gasteiger partial charge is 0.119 e. The first-order valence-electron chi connectivity index (χ1n) is 6.73. The highest BCUT2D eigenvalue weighted by Crippen LogP contribution is 2.19. The van der Waals surface area contributed by atoms with Crippen LogP contribution in [0.15, 0.2) is 48.5 Å². The maximum atomic E-state index is 5.98. The first-order valence-corrected chi connectivity index (χ1v) is 6.73. The Morgan fingerprint density at radius 3 is 2.21 bits per heavy atom. The van der Waals surface area contributed by atoms with E-state index in [-0.39, 0.29) is 6.04 Å². The molecule has 0 heterocycles. The molecule has 0 radical (unpaired) electrons. The van der Waals surface area contributed by atoms with Crippen molar-refractivity contribution in [1.29, 1.82) is 0 Å². The molecule has 0 aromatic heterocycles. The SMILES string of the molecule is CC[C@H](N)c1ccc(OCc2ccc(C)cc2)cc1. The highest BCUT2D eigenvalue weighted by Gasteiger charge is 2.03. The van der Waals surface area contributed by atoms with E-state index in [1.807, 2.05) is 24.3 Å². The summed E-state index contributed by atoms with van der Waals surface area (Å²) in [5.41, 5.74) is 9.59. The van der Waals surface area contributed by atoms with Crippen LogP contribution in [0.25, 0.3) is 0 Å². The molecule has 0 fully saturated rings. The molecule has 0 unspecified atom stereocenters. The van der Waals surface area contributed by atoms with E-state index in [0.29, 0.717) is 6.61 Å². The molecule has 2 N–H and O–H groups in total. The van der Waals surface area contributed by atoms with Gasteiger partial charge in [0.2, 0.25) is 0 Å². The van der Waals surface area contributed by atoms with Crippen LogP contribution in [-0.4, -0.2) is 0 Å². The molecule has 0 spiro atoms. The molecule has 1 atom stereocenters. The molecule has 0 aliphatic rings. The fourth-order valence-corrected chi connectivity index (χ4v) is 1.90. The highest BCUT2D eigenvalue weighted by molar-refractivity contribution is 5.29. The Morgan fingerprint density at radius 1 is 1.00 bits per heavy atom. The molecule has 2 heteroatoms. The average Bonchev–Trinajstić information content (AvgIpc) is 2.46. The molecule has 2 rings (SSSR count). The maximum absolute atomic E-state index is 5.98. The maximum Gasteiger partial charge on any atom is 0.119 e. The lowest BCUT2D eigenvalue weighted by Gasteiger charge is -2.11. The van der Waals surface area contributed by atoms with E-state index in [9.17, 15) is 0 Å². The molecular formula is C17H21NO. The van der Waals surface area contributed by atoms with Crippen molar-refractivity contribution in [1.82, 2.24) is 0 Å². The van der Waals surface area contributed by atoms with Gasteiger partial charge in [-0.2, -0.15) is 0 Å². The normalized spacial score (nSPS) is 12.2. The fourth-order valence-electron chi connectivity index (χ4n) is 1.90. The van der Waals surface area contributed by atoms with E-state index in [1.165, 1.54) is 11.1 Å². The van der Waals surface area contributed by atoms with Crippen LogP contribution >= 0.6 is 0 Å². The van der Waals surface area contributed by atoms with E-state index in [2.05, 4.69) is 38.1 Å². The van der Waals surface area contributed by atoms with Crippen molar-refractivity contribution in [2.75, 3.05) is 0 Å². The Bertz CT molecular complexity index is 502. The van der Waals surface area contributed by atoms with Crippen molar-refractivity contribution in [3.63, 3.8) is 0 Å². The Kier molecular flexibility index (Phi) is 4.58. The number of ether oxygens (including phenoxy) is 1. The van der Waals surface area contributed by atoms with Crippen molar-refractivity contribution in [3.05, 3.63) is 65.2 Å². The van der Waals surface area contributed by atoms with E-state index in [1.54, 1.807) is 0 Å². The molecule has 19 heavy (non-hydrogen) atoms. The standard InChI is InChI=1S/C17H21NO/c1-3-17(18)15-8-10-16(11-9-15)19-12-14-6-4-13(2)5-7-14/h4-11,17H,3,12,18H2,1-2H3/t17-/m0/s1. The van der Waals surface area contributed by atoms with Crippen molar-refractivity contribution in [3.8, 4) is 5.75 Å². The number of hydrogen-bond acceptors (Lipinski definition) is 2. The number of hydrogen-bond donors (Lipinski definition) is 1. The third-order valence-electron chi connectivity index (χ3n) is 3.27. The molecule has 2 aromatic carbocycles. The summed E-state index contributed by atoms with van der Waals surface area (Å²) < 4.78 is 5.76. The van der Waals surface area contributed by atoms with Crippen LogP contribution in [0.5, 0.6) is 5.75 Å². The molecule has 2 aromatic rings. The first kappa shape index (κ1) is 13.6. The first-order chi connectivity index (χ1) is 9.19. The number of nitrogens with two attached hydrogens (primary N) is 1. The van der Waals surface area contributed by atoms with Crippen LogP contribution in [0.3, 0.4) is 0 Å². The van der Waals surface area contributed by atoms with Gasteiger partial charge in [0.15, 0.2) is 0 Å². The Balaban J connectivity index is 1.94. The summed E-state index contributed by atoms with van der Waals surface area (Å²) in [5, 5.41) is 0. The third-order valence-corrected chi connectivity index (χ3v) is 3.27. The van der Waals surface area contributed by atoms with Gasteiger partial charge in [0, 0.05) is 6.04 Å². The van der Waals surface area contributed by atoms with E-state index < -0.39 is 0 Å². The average molecular weight is 255 g/mol. The molecule has 0 aliphatic heterocycles. The predicted molar refractivity (Wildman–Crippen MR) is 79.2 cm³/mol. The van der Waals surface area contributed by atoms with E-state index >= 15 is 0 Å². The molecule has 2 nitrogen and oxygen atoms in total. The van der Waals surface area contributed by atoms with E-state index in [0.717, 1.165) is 17.7 Å². The zero-order chi connectivity index (χ0) is 13.7. The summed E-state index contributed by atoms with van der Waals surface area (Å²) >= 11 is 0. The summed E-state index contributed by atoms with van der Waals surface area (Å²) in [5.74, 6) is 0.882. The summed E-state index contributed by atoms with van der Waals surface area (Å²) in [6, 6.07) is 16.6. The molecule has 0 bridgehead atoms. The van der Waals surface area contributed by atoms with Gasteiger partial charge < -0.3 is 10.5 Å². The minimum Gasteiger partial charge on any atom is -0.489 e. The quantitative estimate of drug-likeness (QED) is 0.877. The Morgan fingerprint density at radius 2 is 1.63 bits per heavy atom. The van der Waals surface area contributed by atoms with E-state index in [4.69, 9.17) is 10.5 Å². The van der Waals surface area contributed by atoms with Gasteiger partial charge in [0.25, 0.3) is 0 Å². The minimum atomic E-state index is 0.117.